The predicted molar refractivity (Wildman–Crippen MR) is 447 cm³/mol. The van der Waals surface area contributed by atoms with E-state index in [9.17, 15) is 20.4 Å². The first-order valence-electron chi connectivity index (χ1n) is 53.1. The van der Waals surface area contributed by atoms with Crippen molar-refractivity contribution in [3.63, 3.8) is 0 Å². The van der Waals surface area contributed by atoms with Gasteiger partial charge in [-0.1, -0.05) is 334 Å². The standard InChI is InChI=1S/C15H24.3C14H23NO.2C14H22O.C7H8.CH4/c1-11-8-9-12(14(2,3)4)10-13(11)15(5,6)7;3*1-13(2,3)9-7-10(14(4,5)6)12(16)8-11(9)15;2*1-13(2,3)10-7-8-12(15)11(9-10)14(4,5)6;1-7-5-3-2-4-6-7;/h8-10H,1-7H3;3*7-8,16H,15H2,1-6H3;2*7-9,15H,1-6H3;2-6H,1H3;1H4/i2D3,5D3,6D3,8D;1D3,7D;1D3,4D3;4D3;2*1D3,4D3,8D;2D,5D,6D;/hD. The molecule has 0 saturated heterocycles. The topological polar surface area (TPSA) is 179 Å². The van der Waals surface area contributed by atoms with Crippen LogP contribution in [0.1, 0.15) is 389 Å². The van der Waals surface area contributed by atoms with Gasteiger partial charge in [-0.15, -0.1) is 0 Å². The Morgan fingerprint density at radius 3 is 0.921 bits per heavy atom. The maximum atomic E-state index is 10.1. The normalized spacial score (nSPS) is 19.8. The van der Waals surface area contributed by atoms with Gasteiger partial charge in [-0.2, -0.15) is 0 Å². The number of anilines is 3. The number of phenols is 5. The van der Waals surface area contributed by atoms with Crippen molar-refractivity contribution in [2.24, 2.45) is 0 Å². The monoisotopic (exact) mass is 1430 g/mol. The van der Waals surface area contributed by atoms with E-state index in [-0.39, 0.29) is 128 Å². The minimum atomic E-state index is -2.86. The molecule has 0 fully saturated rings. The molecule has 7 rings (SSSR count). The van der Waals surface area contributed by atoms with E-state index >= 15 is 0 Å². The highest BCUT2D eigenvalue weighted by molar-refractivity contribution is 5.61. The fraction of sp³-hybridized carbons (Fsp3) is 0.548. The first kappa shape index (κ1) is 45.2. The maximum Gasteiger partial charge on any atom is 0.293 e. The zero-order valence-electron chi connectivity index (χ0n) is 105. The van der Waals surface area contributed by atoms with Gasteiger partial charge in [-0.25, -0.2) is 0 Å². The number of aromatic hydroxyl groups is 5. The minimum Gasteiger partial charge on any atom is -0.508 e. The molecule has 0 aliphatic rings. The summed E-state index contributed by atoms with van der Waals surface area (Å²) in [6.07, 6.45) is 0. The van der Waals surface area contributed by atoms with E-state index in [0.29, 0.717) is 39.1 Å². The molecule has 0 aromatic heterocycles. The van der Waals surface area contributed by atoms with Crippen LogP contribution in [-0.4, -0.2) is 27.0 Å². The number of nitrogen functional groups attached to an aromatic ring is 3. The Balaban J connectivity index is 0.00000165. The van der Waals surface area contributed by atoms with Crippen molar-refractivity contribution in [2.45, 2.75) is 335 Å². The molecule has 0 bridgehead atoms. The number of nitrogens with two attached hydrogens (primary N) is 3. The smallest absolute Gasteiger partial charge is 0.293 e. The lowest BCUT2D eigenvalue weighted by atomic mass is 9.79. The van der Waals surface area contributed by atoms with Crippen molar-refractivity contribution in [3.8, 4) is 28.7 Å². The highest BCUT2D eigenvalue weighted by Gasteiger charge is 2.29. The second-order valence-electron chi connectivity index (χ2n) is 32.6. The van der Waals surface area contributed by atoms with Crippen LogP contribution in [0.25, 0.3) is 0 Å². The molecule has 11 N–H and O–H groups in total. The molecule has 0 aliphatic carbocycles. The number of rotatable bonds is 1. The Kier molecular flexibility index (Phi) is 15.4. The first-order valence-corrected chi connectivity index (χ1v) is 32.7. The third-order valence-electron chi connectivity index (χ3n) is 15.4. The molecular formula is C93H149N3O5. The first-order chi connectivity index (χ1) is 61.5. The van der Waals surface area contributed by atoms with Crippen molar-refractivity contribution < 1.29 is 80.4 Å². The molecule has 7 aromatic rings. The molecule has 0 aliphatic heterocycles. The van der Waals surface area contributed by atoms with Gasteiger partial charge in [0.05, 0.1) is 9.60 Å². The summed E-state index contributed by atoms with van der Waals surface area (Å²) in [6, 6.07) is 18.4. The van der Waals surface area contributed by atoms with Crippen molar-refractivity contribution in [2.75, 3.05) is 17.2 Å². The highest BCUT2D eigenvalue weighted by Crippen LogP contribution is 2.43. The molecule has 566 valence electrons. The van der Waals surface area contributed by atoms with Crippen LogP contribution in [0.3, 0.4) is 0 Å². The summed E-state index contributed by atoms with van der Waals surface area (Å²) in [4.78, 5) is 0. The van der Waals surface area contributed by atoms with Crippen LogP contribution in [-0.2, 0) is 65.0 Å². The molecule has 0 unspecified atom stereocenters. The molecule has 8 heteroatoms. The molecule has 0 amide bonds. The van der Waals surface area contributed by atoms with Crippen LogP contribution in [0.5, 0.6) is 28.7 Å². The Morgan fingerprint density at radius 2 is 0.574 bits per heavy atom. The van der Waals surface area contributed by atoms with E-state index < -0.39 is 141 Å². The quantitative estimate of drug-likeness (QED) is 0.0748. The van der Waals surface area contributed by atoms with Crippen molar-refractivity contribution in [3.05, 3.63) is 199 Å². The van der Waals surface area contributed by atoms with Gasteiger partial charge in [-0.05, 0) is 181 Å². The summed E-state index contributed by atoms with van der Waals surface area (Å²) >= 11 is 0. The van der Waals surface area contributed by atoms with Crippen LogP contribution in [0.15, 0.2) is 121 Å². The van der Waals surface area contributed by atoms with Crippen molar-refractivity contribution in [1.82, 2.24) is 0 Å². The lowest BCUT2D eigenvalue weighted by Crippen LogP contribution is -2.18. The largest absolute Gasteiger partial charge is 0.508 e. The van der Waals surface area contributed by atoms with Crippen LogP contribution < -0.4 is 17.2 Å². The molecule has 0 atom stereocenters. The maximum absolute atomic E-state index is 10.1. The third kappa shape index (κ3) is 30.0. The molecule has 0 saturated carbocycles. The van der Waals surface area contributed by atoms with Gasteiger partial charge in [0.2, 0.25) is 0 Å². The summed E-state index contributed by atoms with van der Waals surface area (Å²) in [5, 5.41) is 44.8. The Bertz CT molecular complexity index is 5430. The van der Waals surface area contributed by atoms with Crippen LogP contribution in [0.2, 0.25) is 0 Å². The highest BCUT2D eigenvalue weighted by atomic mass is 16.3. The average Bonchev–Trinajstić information content (AvgIpc) is 0.726. The third-order valence-corrected chi connectivity index (χ3v) is 15.4. The number of benzene rings is 7. The Hall–Kier alpha value is -7.06. The summed E-state index contributed by atoms with van der Waals surface area (Å²) in [6.45, 7) is 16.3. The lowest BCUT2D eigenvalue weighted by Gasteiger charge is -2.27. The second-order valence-corrected chi connectivity index (χ2v) is 32.6. The zero-order chi connectivity index (χ0) is 113. The molecule has 101 heavy (non-hydrogen) atoms. The number of phenolic OH excluding ortho intramolecular Hbond substituents is 5. The fourth-order valence-electron chi connectivity index (χ4n) is 9.51. The Labute approximate surface area is 677 Å². The van der Waals surface area contributed by atoms with Crippen LogP contribution in [0.4, 0.5) is 17.1 Å². The van der Waals surface area contributed by atoms with E-state index in [1.807, 2.05) is 41.5 Å². The van der Waals surface area contributed by atoms with Gasteiger partial charge in [-0.3, -0.25) is 0 Å². The Morgan fingerprint density at radius 1 is 0.297 bits per heavy atom. The van der Waals surface area contributed by atoms with E-state index in [0.717, 1.165) is 12.5 Å². The van der Waals surface area contributed by atoms with Gasteiger partial charge in [0, 0.05) is 80.5 Å². The molecule has 0 heterocycles. The SMILES string of the molecule is C.[2H]C([2H])([2H])C(C)(C)c1cc(C(C)(C)C([2H])([2H])[2H])c(O)cc1N.[2H]C([2H])([2H])C(C)(C)c1cc(C(C)(C)C)c(N)cc1O.[2H]Oc1c([2H])cc(C(C)(C)C([2H])([2H])[2H])cc1C(C)(C)C([2H])([2H])[2H].[2H]c1c(C(C)(C)C)c(O)cc(N)c1C(C)(C)C([2H])([2H])[2H].[2H]c1cc(C(C)(C)C([2H])([2H])[2H])cc(C(C)(C([2H])([2H])[2H])C([2H])([2H])[2H])c1C.[2H]c1cc(C(C)(C)C([2H])([2H])[2H])cc(C(C)(C)C([2H])([2H])[2H])c1O.[2H]c1cc([2H])c(C)c([2H])c1. The van der Waals surface area contributed by atoms with E-state index in [4.69, 9.17) is 73.5 Å². The van der Waals surface area contributed by atoms with Crippen molar-refractivity contribution >= 4 is 17.1 Å². The van der Waals surface area contributed by atoms with E-state index in [2.05, 4.69) is 5.11 Å². The summed E-state index contributed by atoms with van der Waals surface area (Å²) in [7, 11) is 0. The second kappa shape index (κ2) is 34.5. The predicted octanol–water partition coefficient (Wildman–Crippen LogP) is 25.9. The van der Waals surface area contributed by atoms with Gasteiger partial charge in [0.25, 0.3) is 1.43 Å². The average molecular weight is 1430 g/mol. The van der Waals surface area contributed by atoms with Crippen molar-refractivity contribution in [1.29, 1.82) is 1.43 Å². The van der Waals surface area contributed by atoms with Crippen LogP contribution >= 0.6 is 0 Å². The fourth-order valence-corrected chi connectivity index (χ4v) is 9.51. The lowest BCUT2D eigenvalue weighted by molar-refractivity contribution is 0.444. The van der Waals surface area contributed by atoms with Gasteiger partial charge in [0.1, 0.15) is 28.7 Å². The minimum absolute atomic E-state index is 0. The van der Waals surface area contributed by atoms with Gasteiger partial charge >= 0.3 is 0 Å². The molecule has 7 aromatic carbocycles. The number of hydrogen-bond donors (Lipinski definition) is 8. The van der Waals surface area contributed by atoms with Crippen LogP contribution in [0, 0.1) is 13.8 Å². The van der Waals surface area contributed by atoms with Gasteiger partial charge in [0.15, 0.2) is 0 Å². The van der Waals surface area contributed by atoms with Gasteiger partial charge < -0.3 is 42.7 Å². The molecular weight excluding hydrogens is 1240 g/mol. The summed E-state index contributed by atoms with van der Waals surface area (Å²) in [5.41, 5.74) is 8.06. The number of hydrogen-bond acceptors (Lipinski definition) is 8. The zero-order valence-corrected chi connectivity index (χ0v) is 64.4. The molecule has 0 spiro atoms. The molecule has 0 radical (unpaired) electrons. The van der Waals surface area contributed by atoms with E-state index in [1.54, 1.807) is 40.7 Å². The molecule has 8 nitrogen and oxygen atoms in total. The summed E-state index contributed by atoms with van der Waals surface area (Å²) in [5.74, 6) is -0.970. The summed E-state index contributed by atoms with van der Waals surface area (Å²) < 4.78 is 315. The van der Waals surface area contributed by atoms with E-state index in [1.165, 1.54) is 177 Å².